The lowest BCUT2D eigenvalue weighted by Gasteiger charge is -2.45. The zero-order valence-electron chi connectivity index (χ0n) is 25.5. The van der Waals surface area contributed by atoms with E-state index in [1.807, 2.05) is 11.0 Å². The Morgan fingerprint density at radius 3 is 2.80 bits per heavy atom. The molecular weight excluding hydrogens is 520 g/mol. The molecule has 0 bridgehead atoms. The number of ether oxygens (including phenoxy) is 3. The Balaban J connectivity index is 1.41. The fourth-order valence-corrected chi connectivity index (χ4v) is 7.02. The average molecular weight is 569 g/mol. The lowest BCUT2D eigenvalue weighted by atomic mass is 9.83. The number of benzene rings is 1. The second-order valence-corrected chi connectivity index (χ2v) is 12.7. The quantitative estimate of drug-likeness (QED) is 0.338. The van der Waals surface area contributed by atoms with Gasteiger partial charge in [0.25, 0.3) is 5.91 Å². The van der Waals surface area contributed by atoms with Crippen molar-refractivity contribution in [1.82, 2.24) is 9.80 Å². The molecule has 0 saturated carbocycles. The highest BCUT2D eigenvalue weighted by Crippen LogP contribution is 2.43. The number of fused-ring (bicyclic) bond motifs is 4. The molecule has 2 aromatic rings. The molecule has 2 fully saturated rings. The van der Waals surface area contributed by atoms with Crippen molar-refractivity contribution in [3.8, 4) is 11.5 Å². The van der Waals surface area contributed by atoms with Crippen LogP contribution >= 0.6 is 0 Å². The molecule has 0 radical (unpaired) electrons. The number of rotatable bonds is 11. The monoisotopic (exact) mass is 568 g/mol. The Hall–Kier alpha value is -2.58. The number of aryl methyl sites for hydroxylation is 2. The summed E-state index contributed by atoms with van der Waals surface area (Å²) >= 11 is 0. The van der Waals surface area contributed by atoms with Crippen molar-refractivity contribution < 1.29 is 23.4 Å². The standard InChI is InChI=1S/C33H48N2O6/c1-5-6-10-23-19-30(37)40-32-25-13-14-33(2,3)41-27(25)20-28(31(23)32)39-22-29(36)35(17-18-38-4)21-24-11-9-16-34-15-8-7-12-26(24)34/h19-20,24,26H,5-18,21-22H2,1-4H3. The van der Waals surface area contributed by atoms with E-state index in [0.29, 0.717) is 42.2 Å². The molecule has 2 atom stereocenters. The third-order valence-corrected chi connectivity index (χ3v) is 9.24. The molecule has 8 nitrogen and oxygen atoms in total. The number of hydrogen-bond acceptors (Lipinski definition) is 7. The SMILES string of the molecule is CCCCc1cc(=O)oc2c3c(cc(OCC(=O)N(CCOC)CC4CCCN5CCCCC45)c12)OC(C)(C)CC3. The topological polar surface area (TPSA) is 81.5 Å². The van der Waals surface area contributed by atoms with Crippen LogP contribution in [0.1, 0.15) is 83.3 Å². The van der Waals surface area contributed by atoms with Crippen LogP contribution in [0.2, 0.25) is 0 Å². The molecule has 226 valence electrons. The highest BCUT2D eigenvalue weighted by molar-refractivity contribution is 5.92. The van der Waals surface area contributed by atoms with Crippen LogP contribution in [0, 0.1) is 5.92 Å². The fraction of sp³-hybridized carbons (Fsp3) is 0.697. The van der Waals surface area contributed by atoms with Gasteiger partial charge in [0.05, 0.1) is 12.0 Å². The van der Waals surface area contributed by atoms with Crippen molar-refractivity contribution in [2.24, 2.45) is 5.92 Å². The van der Waals surface area contributed by atoms with Gasteiger partial charge in [-0.3, -0.25) is 4.79 Å². The molecule has 5 rings (SSSR count). The van der Waals surface area contributed by atoms with Gasteiger partial charge < -0.3 is 28.4 Å². The molecule has 2 saturated heterocycles. The van der Waals surface area contributed by atoms with Crippen LogP contribution in [0.5, 0.6) is 11.5 Å². The molecule has 1 amide bonds. The maximum Gasteiger partial charge on any atom is 0.336 e. The Morgan fingerprint density at radius 1 is 1.17 bits per heavy atom. The van der Waals surface area contributed by atoms with Gasteiger partial charge in [0.1, 0.15) is 22.7 Å². The van der Waals surface area contributed by atoms with Crippen molar-refractivity contribution in [2.75, 3.05) is 46.5 Å². The fourth-order valence-electron chi connectivity index (χ4n) is 7.02. The van der Waals surface area contributed by atoms with Gasteiger partial charge in [-0.25, -0.2) is 4.79 Å². The molecular formula is C33H48N2O6. The van der Waals surface area contributed by atoms with Gasteiger partial charge in [-0.15, -0.1) is 0 Å². The van der Waals surface area contributed by atoms with Crippen LogP contribution < -0.4 is 15.1 Å². The average Bonchev–Trinajstić information content (AvgIpc) is 2.95. The van der Waals surface area contributed by atoms with E-state index in [1.54, 1.807) is 13.2 Å². The van der Waals surface area contributed by atoms with E-state index >= 15 is 0 Å². The van der Waals surface area contributed by atoms with E-state index in [4.69, 9.17) is 18.6 Å². The third-order valence-electron chi connectivity index (χ3n) is 9.24. The van der Waals surface area contributed by atoms with Gasteiger partial charge in [0, 0.05) is 43.9 Å². The minimum absolute atomic E-state index is 0.0467. The predicted molar refractivity (Wildman–Crippen MR) is 160 cm³/mol. The number of amides is 1. The Bertz CT molecular complexity index is 1270. The minimum atomic E-state index is -0.362. The highest BCUT2D eigenvalue weighted by Gasteiger charge is 2.35. The van der Waals surface area contributed by atoms with Crippen LogP contribution in [-0.2, 0) is 22.4 Å². The molecule has 8 heteroatoms. The first-order chi connectivity index (χ1) is 19.8. The van der Waals surface area contributed by atoms with E-state index in [-0.39, 0.29) is 23.7 Å². The predicted octanol–water partition coefficient (Wildman–Crippen LogP) is 5.36. The molecule has 3 aliphatic heterocycles. The van der Waals surface area contributed by atoms with Gasteiger partial charge >= 0.3 is 5.63 Å². The number of piperidine rings is 2. The normalized spacial score (nSPS) is 22.0. The Kier molecular flexibility index (Phi) is 9.59. The molecule has 0 spiro atoms. The highest BCUT2D eigenvalue weighted by atomic mass is 16.5. The van der Waals surface area contributed by atoms with Crippen LogP contribution in [-0.4, -0.2) is 73.9 Å². The molecule has 0 N–H and O–H groups in total. The number of unbranched alkanes of at least 4 members (excludes halogenated alkanes) is 1. The number of carbonyl (C=O) groups excluding carboxylic acids is 1. The van der Waals surface area contributed by atoms with Gasteiger partial charge in [0.15, 0.2) is 6.61 Å². The molecule has 41 heavy (non-hydrogen) atoms. The first-order valence-corrected chi connectivity index (χ1v) is 15.7. The van der Waals surface area contributed by atoms with Crippen molar-refractivity contribution in [3.05, 3.63) is 33.7 Å². The number of hydrogen-bond donors (Lipinski definition) is 0. The van der Waals surface area contributed by atoms with Gasteiger partial charge in [-0.05, 0) is 89.8 Å². The van der Waals surface area contributed by atoms with Gasteiger partial charge in [-0.1, -0.05) is 19.8 Å². The first kappa shape index (κ1) is 29.9. The second-order valence-electron chi connectivity index (χ2n) is 12.7. The lowest BCUT2D eigenvalue weighted by molar-refractivity contribution is -0.135. The zero-order valence-corrected chi connectivity index (χ0v) is 25.5. The summed E-state index contributed by atoms with van der Waals surface area (Å²) in [5.41, 5.74) is 1.65. The summed E-state index contributed by atoms with van der Waals surface area (Å²) in [4.78, 5) is 30.9. The van der Waals surface area contributed by atoms with E-state index in [1.165, 1.54) is 38.8 Å². The van der Waals surface area contributed by atoms with Crippen molar-refractivity contribution in [2.45, 2.75) is 96.6 Å². The Morgan fingerprint density at radius 2 is 2.00 bits per heavy atom. The van der Waals surface area contributed by atoms with E-state index in [2.05, 4.69) is 25.7 Å². The second kappa shape index (κ2) is 13.2. The summed E-state index contributed by atoms with van der Waals surface area (Å²) in [6.45, 7) is 10.3. The Labute approximate surface area is 244 Å². The summed E-state index contributed by atoms with van der Waals surface area (Å²) in [7, 11) is 1.68. The smallest absolute Gasteiger partial charge is 0.336 e. The van der Waals surface area contributed by atoms with Crippen LogP contribution in [0.4, 0.5) is 0 Å². The van der Waals surface area contributed by atoms with Crippen molar-refractivity contribution >= 4 is 16.9 Å². The van der Waals surface area contributed by atoms with E-state index in [9.17, 15) is 9.59 Å². The van der Waals surface area contributed by atoms with Crippen molar-refractivity contribution in [1.29, 1.82) is 0 Å². The maximum absolute atomic E-state index is 13.7. The molecule has 0 aliphatic carbocycles. The summed E-state index contributed by atoms with van der Waals surface area (Å²) in [5.74, 6) is 1.64. The first-order valence-electron chi connectivity index (χ1n) is 15.7. The number of methoxy groups -OCH3 is 1. The van der Waals surface area contributed by atoms with Crippen LogP contribution in [0.25, 0.3) is 11.0 Å². The molecule has 2 unspecified atom stereocenters. The molecule has 1 aromatic carbocycles. The van der Waals surface area contributed by atoms with E-state index in [0.717, 1.165) is 61.6 Å². The summed E-state index contributed by atoms with van der Waals surface area (Å²) < 4.78 is 23.9. The van der Waals surface area contributed by atoms with Crippen LogP contribution in [0.15, 0.2) is 21.3 Å². The summed E-state index contributed by atoms with van der Waals surface area (Å²) in [6, 6.07) is 4.05. The van der Waals surface area contributed by atoms with Crippen LogP contribution in [0.3, 0.4) is 0 Å². The number of nitrogens with zero attached hydrogens (tertiary/aromatic N) is 2. The number of carbonyl (C=O) groups is 1. The zero-order chi connectivity index (χ0) is 29.0. The summed E-state index contributed by atoms with van der Waals surface area (Å²) in [6.07, 6.45) is 10.4. The van der Waals surface area contributed by atoms with Gasteiger partial charge in [0.2, 0.25) is 0 Å². The maximum atomic E-state index is 13.7. The molecule has 3 aliphatic rings. The molecule has 1 aromatic heterocycles. The third kappa shape index (κ3) is 6.91. The summed E-state index contributed by atoms with van der Waals surface area (Å²) in [5, 5.41) is 0.793. The van der Waals surface area contributed by atoms with Gasteiger partial charge in [-0.2, -0.15) is 0 Å². The molecule has 4 heterocycles. The minimum Gasteiger partial charge on any atom is -0.487 e. The lowest BCUT2D eigenvalue weighted by Crippen LogP contribution is -2.52. The van der Waals surface area contributed by atoms with E-state index < -0.39 is 0 Å². The van der Waals surface area contributed by atoms with Crippen molar-refractivity contribution in [3.63, 3.8) is 0 Å². The largest absolute Gasteiger partial charge is 0.487 e.